The van der Waals surface area contributed by atoms with E-state index in [1.54, 1.807) is 25.3 Å². The normalized spacial score (nSPS) is 16.4. The molecule has 0 fully saturated rings. The van der Waals surface area contributed by atoms with Gasteiger partial charge in [-0.25, -0.2) is 0 Å². The molecule has 0 spiro atoms. The number of carbonyl (C=O) groups excluding carboxylic acids is 1. The van der Waals surface area contributed by atoms with Crippen LogP contribution in [0, 0.1) is 12.3 Å². The van der Waals surface area contributed by atoms with Gasteiger partial charge in [0.2, 0.25) is 5.17 Å². The number of benzene rings is 2. The number of hydrazone groups is 1. The molecule has 2 aliphatic heterocycles. The molecule has 2 aromatic carbocycles. The molecule has 2 heterocycles. The number of halogens is 1. The minimum atomic E-state index is -0.472. The molecule has 0 aliphatic carbocycles. The van der Waals surface area contributed by atoms with Gasteiger partial charge in [0, 0.05) is 0 Å². The zero-order valence-corrected chi connectivity index (χ0v) is 21.3. The van der Waals surface area contributed by atoms with Crippen LogP contribution < -0.4 is 14.2 Å². The number of carbonyl (C=O) groups is 1. The van der Waals surface area contributed by atoms with Crippen molar-refractivity contribution in [1.29, 1.82) is 5.41 Å². The quantitative estimate of drug-likeness (QED) is 0.361. The van der Waals surface area contributed by atoms with E-state index in [-0.39, 0.29) is 11.4 Å². The van der Waals surface area contributed by atoms with Crippen LogP contribution in [0.5, 0.6) is 17.2 Å². The molecule has 34 heavy (non-hydrogen) atoms. The summed E-state index contributed by atoms with van der Waals surface area (Å²) in [5.41, 5.74) is 1.87. The van der Waals surface area contributed by atoms with Gasteiger partial charge >= 0.3 is 0 Å². The predicted molar refractivity (Wildman–Crippen MR) is 138 cm³/mol. The number of nitrogens with zero attached hydrogens (tertiary/aromatic N) is 3. The molecule has 0 radical (unpaired) electrons. The Labute approximate surface area is 210 Å². The van der Waals surface area contributed by atoms with Gasteiger partial charge in [0.15, 0.2) is 17.3 Å². The van der Waals surface area contributed by atoms with Crippen molar-refractivity contribution in [3.8, 4) is 17.2 Å². The van der Waals surface area contributed by atoms with Crippen LogP contribution in [0.4, 0.5) is 0 Å². The van der Waals surface area contributed by atoms with Crippen LogP contribution in [0.3, 0.4) is 0 Å². The summed E-state index contributed by atoms with van der Waals surface area (Å²) in [7, 11) is 1.54. The molecule has 0 atom stereocenters. The van der Waals surface area contributed by atoms with Crippen molar-refractivity contribution in [1.82, 2.24) is 5.01 Å². The first-order valence-electron chi connectivity index (χ1n) is 10.6. The van der Waals surface area contributed by atoms with Crippen LogP contribution in [0.25, 0.3) is 6.08 Å². The van der Waals surface area contributed by atoms with Gasteiger partial charge in [-0.1, -0.05) is 25.1 Å². The zero-order chi connectivity index (χ0) is 24.2. The Morgan fingerprint density at radius 3 is 2.68 bits per heavy atom. The van der Waals surface area contributed by atoms with E-state index in [2.05, 4.69) is 26.0 Å². The van der Waals surface area contributed by atoms with E-state index >= 15 is 0 Å². The number of fused-ring (bicyclic) bond motifs is 1. The van der Waals surface area contributed by atoms with Gasteiger partial charge in [-0.3, -0.25) is 10.2 Å². The van der Waals surface area contributed by atoms with Gasteiger partial charge in [-0.15, -0.1) is 0 Å². The number of thioether (sulfide) groups is 1. The first kappa shape index (κ1) is 24.0. The zero-order valence-electron chi connectivity index (χ0n) is 18.9. The highest BCUT2D eigenvalue weighted by Gasteiger charge is 2.35. The lowest BCUT2D eigenvalue weighted by Crippen LogP contribution is -2.35. The molecule has 1 N–H and O–H groups in total. The molecule has 176 valence electrons. The van der Waals surface area contributed by atoms with Gasteiger partial charge in [0.25, 0.3) is 5.91 Å². The Kier molecular flexibility index (Phi) is 7.38. The second kappa shape index (κ2) is 10.4. The molecule has 2 aliphatic rings. The molecule has 0 unspecified atom stereocenters. The second-order valence-corrected chi connectivity index (χ2v) is 9.26. The molecule has 1 amide bonds. The number of hydrogen-bond acceptors (Lipinski definition) is 7. The van der Waals surface area contributed by atoms with E-state index in [1.165, 1.54) is 16.8 Å². The van der Waals surface area contributed by atoms with E-state index in [1.807, 2.05) is 38.1 Å². The third-order valence-corrected chi connectivity index (χ3v) is 6.68. The smallest absolute Gasteiger partial charge is 0.283 e. The fraction of sp³-hybridized carbons (Fsp3) is 0.250. The number of aryl methyl sites for hydroxylation is 1. The Balaban J connectivity index is 1.50. The average Bonchev–Trinajstić information content (AvgIpc) is 3.24. The molecule has 0 saturated heterocycles. The van der Waals surface area contributed by atoms with Crippen molar-refractivity contribution in [3.05, 3.63) is 57.6 Å². The molecule has 0 bridgehead atoms. The maximum Gasteiger partial charge on any atom is 0.283 e. The van der Waals surface area contributed by atoms with Gasteiger partial charge in [0.1, 0.15) is 24.0 Å². The van der Waals surface area contributed by atoms with Gasteiger partial charge in [0.05, 0.1) is 17.2 Å². The summed E-state index contributed by atoms with van der Waals surface area (Å²) in [5.74, 6) is 1.35. The number of amidine groups is 2. The molecule has 4 rings (SSSR count). The SMILES string of the molecule is CCC1=NN2C(=N)/C(=C/c3cc(Br)c(OCCOc4ccccc4C)c(OC)c3)C(=O)N=C2S1. The summed E-state index contributed by atoms with van der Waals surface area (Å²) in [6, 6.07) is 11.3. The minimum absolute atomic E-state index is 0.00489. The number of hydrogen-bond donors (Lipinski definition) is 1. The standard InChI is InChI=1S/C24H23BrN4O4S/c1-4-20-28-29-22(26)16(23(30)27-24(29)34-20)11-15-12-17(25)21(19(13-15)31-3)33-10-9-32-18-8-6-5-7-14(18)2/h5-8,11-13,26H,4,9-10H2,1-3H3/b16-11-,26-22?. The third-order valence-electron chi connectivity index (χ3n) is 5.04. The van der Waals surface area contributed by atoms with E-state index < -0.39 is 5.91 Å². The third kappa shape index (κ3) is 5.02. The molecular weight excluding hydrogens is 520 g/mol. The van der Waals surface area contributed by atoms with Crippen LogP contribution in [0.15, 0.2) is 56.5 Å². The van der Waals surface area contributed by atoms with E-state index in [0.29, 0.717) is 46.3 Å². The number of para-hydroxylation sites is 1. The number of amides is 1. The molecule has 10 heteroatoms. The number of aliphatic imine (C=N–C) groups is 1. The van der Waals surface area contributed by atoms with Gasteiger partial charge < -0.3 is 14.2 Å². The summed E-state index contributed by atoms with van der Waals surface area (Å²) in [6.07, 6.45) is 2.32. The van der Waals surface area contributed by atoms with Crippen molar-refractivity contribution in [2.24, 2.45) is 10.1 Å². The summed E-state index contributed by atoms with van der Waals surface area (Å²) in [6.45, 7) is 4.64. The topological polar surface area (TPSA) is 96.6 Å². The summed E-state index contributed by atoms with van der Waals surface area (Å²) < 4.78 is 17.9. The molecule has 0 aromatic heterocycles. The van der Waals surface area contributed by atoms with Crippen molar-refractivity contribution in [3.63, 3.8) is 0 Å². The highest BCUT2D eigenvalue weighted by atomic mass is 79.9. The Hall–Kier alpha value is -3.11. The van der Waals surface area contributed by atoms with Crippen molar-refractivity contribution >= 4 is 55.7 Å². The van der Waals surface area contributed by atoms with E-state index in [0.717, 1.165) is 16.4 Å². The van der Waals surface area contributed by atoms with E-state index in [9.17, 15) is 4.79 Å². The van der Waals surface area contributed by atoms with Crippen molar-refractivity contribution in [2.75, 3.05) is 20.3 Å². The fourth-order valence-electron chi connectivity index (χ4n) is 3.32. The molecule has 0 saturated carbocycles. The monoisotopic (exact) mass is 542 g/mol. The number of ether oxygens (including phenoxy) is 3. The molecular formula is C24H23BrN4O4S. The predicted octanol–water partition coefficient (Wildman–Crippen LogP) is 5.25. The highest BCUT2D eigenvalue weighted by molar-refractivity contribution is 9.10. The van der Waals surface area contributed by atoms with E-state index in [4.69, 9.17) is 19.6 Å². The summed E-state index contributed by atoms with van der Waals surface area (Å²) in [4.78, 5) is 16.7. The maximum absolute atomic E-state index is 12.6. The van der Waals surface area contributed by atoms with Crippen LogP contribution >= 0.6 is 27.7 Å². The first-order valence-corrected chi connectivity index (χ1v) is 12.2. The maximum atomic E-state index is 12.6. The van der Waals surface area contributed by atoms with Crippen molar-refractivity contribution in [2.45, 2.75) is 20.3 Å². The minimum Gasteiger partial charge on any atom is -0.493 e. The van der Waals surface area contributed by atoms with Crippen LogP contribution in [-0.2, 0) is 4.79 Å². The summed E-state index contributed by atoms with van der Waals surface area (Å²) >= 11 is 4.84. The lowest BCUT2D eigenvalue weighted by atomic mass is 10.1. The largest absolute Gasteiger partial charge is 0.493 e. The lowest BCUT2D eigenvalue weighted by Gasteiger charge is -2.20. The summed E-state index contributed by atoms with van der Waals surface area (Å²) in [5, 5.41) is 15.5. The van der Waals surface area contributed by atoms with Crippen molar-refractivity contribution < 1.29 is 19.0 Å². The molecule has 8 nitrogen and oxygen atoms in total. The lowest BCUT2D eigenvalue weighted by molar-refractivity contribution is -0.114. The van der Waals surface area contributed by atoms with Crippen LogP contribution in [-0.4, -0.2) is 47.3 Å². The Morgan fingerprint density at radius 1 is 1.18 bits per heavy atom. The number of nitrogens with one attached hydrogen (secondary N) is 1. The van der Waals surface area contributed by atoms with Crippen LogP contribution in [0.1, 0.15) is 24.5 Å². The van der Waals surface area contributed by atoms with Gasteiger partial charge in [-0.05, 0) is 76.4 Å². The fourth-order valence-corrected chi connectivity index (χ4v) is 4.72. The van der Waals surface area contributed by atoms with Gasteiger partial charge in [-0.2, -0.15) is 15.1 Å². The average molecular weight is 543 g/mol. The first-order chi connectivity index (χ1) is 16.4. The van der Waals surface area contributed by atoms with Crippen LogP contribution in [0.2, 0.25) is 0 Å². The number of rotatable bonds is 8. The second-order valence-electron chi connectivity index (χ2n) is 7.36. The Bertz CT molecular complexity index is 1240. The highest BCUT2D eigenvalue weighted by Crippen LogP contribution is 2.38. The molecule has 2 aromatic rings. The number of methoxy groups -OCH3 is 1. The Morgan fingerprint density at radius 2 is 1.94 bits per heavy atom.